The van der Waals surface area contributed by atoms with E-state index >= 15 is 0 Å². The van der Waals surface area contributed by atoms with Crippen LogP contribution >= 0.6 is 0 Å². The quantitative estimate of drug-likeness (QED) is 0.761. The SMILES string of the molecule is CCOC(=O)N1CCN(c2c(N3CCCC(C)C3)c(=O)c2=O)CC1. The maximum atomic E-state index is 12.1. The third-order valence-corrected chi connectivity index (χ3v) is 4.96. The molecule has 2 aliphatic rings. The van der Waals surface area contributed by atoms with Gasteiger partial charge in [-0.2, -0.15) is 0 Å². The Bertz CT molecular complexity index is 672. The summed E-state index contributed by atoms with van der Waals surface area (Å²) in [4.78, 5) is 41.7. The van der Waals surface area contributed by atoms with E-state index in [1.807, 2.05) is 4.90 Å². The molecule has 24 heavy (non-hydrogen) atoms. The number of piperazine rings is 1. The van der Waals surface area contributed by atoms with E-state index in [0.29, 0.717) is 50.1 Å². The molecule has 1 aromatic carbocycles. The van der Waals surface area contributed by atoms with Crippen LogP contribution in [0.3, 0.4) is 0 Å². The van der Waals surface area contributed by atoms with E-state index in [-0.39, 0.29) is 17.0 Å². The molecule has 1 amide bonds. The first-order valence-corrected chi connectivity index (χ1v) is 8.77. The second kappa shape index (κ2) is 6.83. The molecule has 0 aromatic heterocycles. The van der Waals surface area contributed by atoms with E-state index in [4.69, 9.17) is 4.74 Å². The molecular weight excluding hydrogens is 310 g/mol. The first-order valence-electron chi connectivity index (χ1n) is 8.77. The van der Waals surface area contributed by atoms with Crippen molar-refractivity contribution < 1.29 is 9.53 Å². The number of amides is 1. The van der Waals surface area contributed by atoms with Gasteiger partial charge in [0.2, 0.25) is 0 Å². The number of carbonyl (C=O) groups excluding carboxylic acids is 1. The Labute approximate surface area is 141 Å². The predicted octanol–water partition coefficient (Wildman–Crippen LogP) is 0.797. The fourth-order valence-corrected chi connectivity index (χ4v) is 3.67. The van der Waals surface area contributed by atoms with Crippen LogP contribution < -0.4 is 20.7 Å². The summed E-state index contributed by atoms with van der Waals surface area (Å²) in [6.07, 6.45) is 1.91. The molecule has 0 N–H and O–H groups in total. The molecule has 3 rings (SSSR count). The Morgan fingerprint density at radius 3 is 2.25 bits per heavy atom. The highest BCUT2D eigenvalue weighted by molar-refractivity contribution is 5.77. The van der Waals surface area contributed by atoms with Crippen LogP contribution in [0.25, 0.3) is 0 Å². The Kier molecular flexibility index (Phi) is 4.78. The Morgan fingerprint density at radius 1 is 1.04 bits per heavy atom. The number of carbonyl (C=O) groups is 1. The third kappa shape index (κ3) is 2.99. The average Bonchev–Trinajstić information content (AvgIpc) is 2.59. The van der Waals surface area contributed by atoms with E-state index in [9.17, 15) is 14.4 Å². The minimum absolute atomic E-state index is 0.313. The van der Waals surface area contributed by atoms with Crippen molar-refractivity contribution in [1.29, 1.82) is 0 Å². The number of hydrogen-bond donors (Lipinski definition) is 0. The predicted molar refractivity (Wildman–Crippen MR) is 92.8 cm³/mol. The molecule has 0 bridgehead atoms. The standard InChI is InChI=1S/C17H25N3O4/c1-3-24-17(23)19-9-7-18(8-10-19)13-14(16(22)15(13)21)20-6-4-5-12(2)11-20/h12H,3-11H2,1-2H3. The highest BCUT2D eigenvalue weighted by atomic mass is 16.6. The van der Waals surface area contributed by atoms with Gasteiger partial charge in [-0.1, -0.05) is 6.92 Å². The molecule has 2 aliphatic heterocycles. The molecule has 0 aliphatic carbocycles. The Hall–Kier alpha value is -2.05. The maximum absolute atomic E-state index is 12.1. The smallest absolute Gasteiger partial charge is 0.409 e. The van der Waals surface area contributed by atoms with Gasteiger partial charge in [0.25, 0.3) is 10.9 Å². The van der Waals surface area contributed by atoms with Crippen LogP contribution in [0.2, 0.25) is 0 Å². The topological polar surface area (TPSA) is 70.2 Å². The average molecular weight is 335 g/mol. The van der Waals surface area contributed by atoms with Crippen molar-refractivity contribution >= 4 is 17.5 Å². The summed E-state index contributed by atoms with van der Waals surface area (Å²) < 4.78 is 5.01. The van der Waals surface area contributed by atoms with Crippen LogP contribution in [0.5, 0.6) is 0 Å². The van der Waals surface area contributed by atoms with Gasteiger partial charge >= 0.3 is 6.09 Å². The molecule has 7 nitrogen and oxygen atoms in total. The minimum atomic E-state index is -0.382. The van der Waals surface area contributed by atoms with E-state index in [0.717, 1.165) is 19.5 Å². The molecule has 7 heteroatoms. The van der Waals surface area contributed by atoms with Gasteiger partial charge in [-0.25, -0.2) is 4.79 Å². The van der Waals surface area contributed by atoms with Crippen LogP contribution in [0, 0.1) is 5.92 Å². The number of anilines is 2. The van der Waals surface area contributed by atoms with Crippen LogP contribution in [0.4, 0.5) is 16.2 Å². The molecule has 132 valence electrons. The number of hydrogen-bond acceptors (Lipinski definition) is 6. The van der Waals surface area contributed by atoms with Gasteiger partial charge < -0.3 is 19.4 Å². The largest absolute Gasteiger partial charge is 0.450 e. The number of ether oxygens (including phenoxy) is 1. The van der Waals surface area contributed by atoms with Crippen LogP contribution in [-0.4, -0.2) is 56.9 Å². The van der Waals surface area contributed by atoms with Crippen LogP contribution in [0.1, 0.15) is 26.7 Å². The highest BCUT2D eigenvalue weighted by Crippen LogP contribution is 2.29. The van der Waals surface area contributed by atoms with E-state index in [1.165, 1.54) is 6.42 Å². The summed E-state index contributed by atoms with van der Waals surface area (Å²) in [6.45, 7) is 8.11. The van der Waals surface area contributed by atoms with Gasteiger partial charge in [0.05, 0.1) is 6.61 Å². The van der Waals surface area contributed by atoms with Crippen molar-refractivity contribution in [3.8, 4) is 0 Å². The van der Waals surface area contributed by atoms with Gasteiger partial charge in [0.15, 0.2) is 0 Å². The van der Waals surface area contributed by atoms with Crippen molar-refractivity contribution in [3.05, 3.63) is 20.4 Å². The Balaban J connectivity index is 1.70. The van der Waals surface area contributed by atoms with Gasteiger partial charge in [-0.3, -0.25) is 9.59 Å². The summed E-state index contributed by atoms with van der Waals surface area (Å²) in [5.41, 5.74) is 0.411. The summed E-state index contributed by atoms with van der Waals surface area (Å²) in [5, 5.41) is 0. The summed E-state index contributed by atoms with van der Waals surface area (Å²) >= 11 is 0. The third-order valence-electron chi connectivity index (χ3n) is 4.96. The van der Waals surface area contributed by atoms with E-state index in [2.05, 4.69) is 11.8 Å². The fraction of sp³-hybridized carbons (Fsp3) is 0.706. The zero-order valence-corrected chi connectivity index (χ0v) is 14.4. The van der Waals surface area contributed by atoms with E-state index < -0.39 is 0 Å². The van der Waals surface area contributed by atoms with Crippen molar-refractivity contribution in [2.45, 2.75) is 26.7 Å². The lowest BCUT2D eigenvalue weighted by atomic mass is 9.98. The lowest BCUT2D eigenvalue weighted by molar-refractivity contribution is 0.105. The van der Waals surface area contributed by atoms with Crippen molar-refractivity contribution in [2.75, 3.05) is 55.7 Å². The first-order chi connectivity index (χ1) is 11.5. The first kappa shape index (κ1) is 16.8. The number of rotatable bonds is 3. The molecule has 2 saturated heterocycles. The van der Waals surface area contributed by atoms with Crippen LogP contribution in [-0.2, 0) is 4.74 Å². The molecule has 0 spiro atoms. The number of nitrogens with zero attached hydrogens (tertiary/aromatic N) is 3. The molecular formula is C17H25N3O4. The molecule has 1 unspecified atom stereocenters. The summed E-state index contributed by atoms with van der Waals surface area (Å²) in [5.74, 6) is 0.539. The lowest BCUT2D eigenvalue weighted by Gasteiger charge is -2.40. The molecule has 1 aromatic rings. The lowest BCUT2D eigenvalue weighted by Crippen LogP contribution is -2.54. The maximum Gasteiger partial charge on any atom is 0.409 e. The molecule has 2 fully saturated rings. The van der Waals surface area contributed by atoms with Crippen LogP contribution in [0.15, 0.2) is 9.59 Å². The normalized spacial score (nSPS) is 22.1. The zero-order chi connectivity index (χ0) is 17.3. The van der Waals surface area contributed by atoms with Crippen molar-refractivity contribution in [2.24, 2.45) is 5.92 Å². The summed E-state index contributed by atoms with van der Waals surface area (Å²) in [6, 6.07) is 0. The fourth-order valence-electron chi connectivity index (χ4n) is 3.67. The second-order valence-electron chi connectivity index (χ2n) is 6.72. The minimum Gasteiger partial charge on any atom is -0.450 e. The van der Waals surface area contributed by atoms with Gasteiger partial charge in [0.1, 0.15) is 11.4 Å². The monoisotopic (exact) mass is 335 g/mol. The molecule has 2 heterocycles. The highest BCUT2D eigenvalue weighted by Gasteiger charge is 2.33. The van der Waals surface area contributed by atoms with Crippen molar-refractivity contribution in [1.82, 2.24) is 4.90 Å². The van der Waals surface area contributed by atoms with Crippen molar-refractivity contribution in [3.63, 3.8) is 0 Å². The Morgan fingerprint density at radius 2 is 1.67 bits per heavy atom. The summed E-state index contributed by atoms with van der Waals surface area (Å²) in [7, 11) is 0. The molecule has 0 radical (unpaired) electrons. The number of piperidine rings is 1. The molecule has 1 atom stereocenters. The van der Waals surface area contributed by atoms with Gasteiger partial charge in [-0.05, 0) is 25.7 Å². The zero-order valence-electron chi connectivity index (χ0n) is 14.4. The van der Waals surface area contributed by atoms with Gasteiger partial charge in [0, 0.05) is 39.3 Å². The second-order valence-corrected chi connectivity index (χ2v) is 6.72. The van der Waals surface area contributed by atoms with Gasteiger partial charge in [-0.15, -0.1) is 0 Å². The van der Waals surface area contributed by atoms with E-state index in [1.54, 1.807) is 11.8 Å². The molecule has 0 saturated carbocycles.